The maximum absolute atomic E-state index is 11.1. The van der Waals surface area contributed by atoms with Gasteiger partial charge in [-0.1, -0.05) is 19.4 Å². The van der Waals surface area contributed by atoms with Crippen LogP contribution in [0.1, 0.15) is 32.6 Å². The molecule has 6 heteroatoms. The number of nitrogens with two attached hydrogens (primary N) is 1. The molecule has 90 valence electrons. The lowest BCUT2D eigenvalue weighted by Crippen LogP contribution is -1.99. The summed E-state index contributed by atoms with van der Waals surface area (Å²) in [4.78, 5) is 9.12. The predicted molar refractivity (Wildman–Crippen MR) is 59.2 cm³/mol. The summed E-state index contributed by atoms with van der Waals surface area (Å²) >= 11 is 0. The average Bonchev–Trinajstić information content (AvgIpc) is 2.08. The van der Waals surface area contributed by atoms with E-state index in [0.29, 0.717) is 6.54 Å². The third-order valence-corrected chi connectivity index (χ3v) is 2.68. The van der Waals surface area contributed by atoms with Crippen molar-refractivity contribution in [1.29, 1.82) is 0 Å². The zero-order valence-electron chi connectivity index (χ0n) is 9.15. The van der Waals surface area contributed by atoms with Crippen molar-refractivity contribution in [2.45, 2.75) is 32.6 Å². The first-order valence-corrected chi connectivity index (χ1v) is 6.50. The van der Waals surface area contributed by atoms with Crippen LogP contribution in [0.15, 0.2) is 12.3 Å². The normalized spacial score (nSPS) is 14.6. The highest BCUT2D eigenvalue weighted by Gasteiger charge is 2.21. The third kappa shape index (κ3) is 9.94. The van der Waals surface area contributed by atoms with Gasteiger partial charge in [-0.15, -0.1) is 0 Å². The van der Waals surface area contributed by atoms with Gasteiger partial charge in [0.2, 0.25) is 0 Å². The fraction of sp³-hybridized carbons (Fsp3) is 0.778. The van der Waals surface area contributed by atoms with Crippen molar-refractivity contribution in [2.24, 2.45) is 5.73 Å². The first-order chi connectivity index (χ1) is 6.98. The standard InChI is InChI=1S/C9H20NO4P/c1-9(2)14-15(11,12)13-8-6-4-3-5-7-10/h1,3-8,10H2,2H3,(H,11,12). The molecule has 0 aromatic heterocycles. The Kier molecular flexibility index (Phi) is 7.70. The van der Waals surface area contributed by atoms with E-state index in [1.54, 1.807) is 0 Å². The molecule has 15 heavy (non-hydrogen) atoms. The number of phosphoric acid groups is 1. The second-order valence-corrected chi connectivity index (χ2v) is 4.68. The molecular weight excluding hydrogens is 217 g/mol. The molecule has 0 rings (SSSR count). The van der Waals surface area contributed by atoms with Crippen LogP contribution < -0.4 is 5.73 Å². The maximum Gasteiger partial charge on any atom is 0.527 e. The third-order valence-electron chi connectivity index (χ3n) is 1.62. The molecule has 1 unspecified atom stereocenters. The molecule has 3 N–H and O–H groups in total. The second kappa shape index (κ2) is 7.88. The summed E-state index contributed by atoms with van der Waals surface area (Å²) in [5.74, 6) is 0.170. The summed E-state index contributed by atoms with van der Waals surface area (Å²) in [5, 5.41) is 0. The fourth-order valence-electron chi connectivity index (χ4n) is 1.00. The highest BCUT2D eigenvalue weighted by Crippen LogP contribution is 2.45. The van der Waals surface area contributed by atoms with E-state index in [4.69, 9.17) is 15.2 Å². The van der Waals surface area contributed by atoms with Gasteiger partial charge in [-0.25, -0.2) is 4.57 Å². The minimum absolute atomic E-state index is 0.170. The molecule has 0 aliphatic heterocycles. The van der Waals surface area contributed by atoms with E-state index in [0.717, 1.165) is 25.7 Å². The Balaban J connectivity index is 3.49. The van der Waals surface area contributed by atoms with E-state index >= 15 is 0 Å². The zero-order valence-corrected chi connectivity index (χ0v) is 10.0. The predicted octanol–water partition coefficient (Wildman–Crippen LogP) is 2.17. The van der Waals surface area contributed by atoms with Crippen molar-refractivity contribution in [1.82, 2.24) is 0 Å². The van der Waals surface area contributed by atoms with Crippen molar-refractivity contribution >= 4 is 7.82 Å². The molecule has 0 heterocycles. The molecule has 0 aliphatic rings. The van der Waals surface area contributed by atoms with Gasteiger partial charge in [-0.3, -0.25) is 9.42 Å². The van der Waals surface area contributed by atoms with Gasteiger partial charge in [-0.05, 0) is 26.3 Å². The molecule has 0 saturated heterocycles. The van der Waals surface area contributed by atoms with Gasteiger partial charge in [-0.2, -0.15) is 0 Å². The van der Waals surface area contributed by atoms with Crippen LogP contribution in [0.3, 0.4) is 0 Å². The molecule has 0 fully saturated rings. The van der Waals surface area contributed by atoms with Crippen LogP contribution in [0.25, 0.3) is 0 Å². The van der Waals surface area contributed by atoms with Crippen LogP contribution in [0, 0.1) is 0 Å². The highest BCUT2D eigenvalue weighted by molar-refractivity contribution is 7.47. The van der Waals surface area contributed by atoms with E-state index in [1.807, 2.05) is 0 Å². The van der Waals surface area contributed by atoms with Crippen molar-refractivity contribution < 1.29 is 18.5 Å². The van der Waals surface area contributed by atoms with Gasteiger partial charge in [0.05, 0.1) is 12.4 Å². The van der Waals surface area contributed by atoms with Gasteiger partial charge >= 0.3 is 7.82 Å². The Morgan fingerprint density at radius 1 is 1.40 bits per heavy atom. The van der Waals surface area contributed by atoms with Crippen LogP contribution in [0.4, 0.5) is 0 Å². The number of unbranched alkanes of at least 4 members (excludes halogenated alkanes) is 3. The SMILES string of the molecule is C=C(C)OP(=O)(O)OCCCCCCN. The van der Waals surface area contributed by atoms with E-state index in [2.05, 4.69) is 11.1 Å². The maximum atomic E-state index is 11.1. The van der Waals surface area contributed by atoms with Crippen LogP contribution in [-0.2, 0) is 13.6 Å². The van der Waals surface area contributed by atoms with Crippen LogP contribution in [0.2, 0.25) is 0 Å². The molecule has 1 atom stereocenters. The second-order valence-electron chi connectivity index (χ2n) is 3.30. The Bertz CT molecular complexity index is 232. The minimum Gasteiger partial charge on any atom is -0.410 e. The van der Waals surface area contributed by atoms with Crippen molar-refractivity contribution in [2.75, 3.05) is 13.2 Å². The summed E-state index contributed by atoms with van der Waals surface area (Å²) < 4.78 is 20.4. The number of hydrogen-bond donors (Lipinski definition) is 2. The molecule has 0 aliphatic carbocycles. The Morgan fingerprint density at radius 3 is 2.53 bits per heavy atom. The Labute approximate surface area is 90.9 Å². The Hall–Kier alpha value is -0.350. The molecule has 0 bridgehead atoms. The lowest BCUT2D eigenvalue weighted by Gasteiger charge is -2.12. The molecule has 0 radical (unpaired) electrons. The lowest BCUT2D eigenvalue weighted by molar-refractivity contribution is 0.176. The van der Waals surface area contributed by atoms with Crippen molar-refractivity contribution in [3.8, 4) is 0 Å². The highest BCUT2D eigenvalue weighted by atomic mass is 31.2. The molecular formula is C9H20NO4P. The number of allylic oxidation sites excluding steroid dienone is 1. The first-order valence-electron chi connectivity index (χ1n) is 5.00. The van der Waals surface area contributed by atoms with Gasteiger partial charge in [0, 0.05) is 0 Å². The van der Waals surface area contributed by atoms with Gasteiger partial charge < -0.3 is 10.3 Å². The smallest absolute Gasteiger partial charge is 0.410 e. The number of hydrogen-bond acceptors (Lipinski definition) is 4. The van der Waals surface area contributed by atoms with Gasteiger partial charge in [0.1, 0.15) is 0 Å². The summed E-state index contributed by atoms with van der Waals surface area (Å²) in [6.07, 6.45) is 3.64. The topological polar surface area (TPSA) is 81.8 Å². The summed E-state index contributed by atoms with van der Waals surface area (Å²) in [5.41, 5.74) is 5.32. The van der Waals surface area contributed by atoms with Gasteiger partial charge in [0.15, 0.2) is 0 Å². The van der Waals surface area contributed by atoms with Crippen LogP contribution >= 0.6 is 7.82 Å². The molecule has 0 spiro atoms. The lowest BCUT2D eigenvalue weighted by atomic mass is 10.2. The molecule has 5 nitrogen and oxygen atoms in total. The largest absolute Gasteiger partial charge is 0.527 e. The molecule has 0 aromatic carbocycles. The molecule has 0 amide bonds. The quantitative estimate of drug-likeness (QED) is 0.365. The average molecular weight is 237 g/mol. The van der Waals surface area contributed by atoms with Crippen LogP contribution in [0.5, 0.6) is 0 Å². The zero-order chi connectivity index (χ0) is 11.7. The summed E-state index contributed by atoms with van der Waals surface area (Å²) in [6, 6.07) is 0. The summed E-state index contributed by atoms with van der Waals surface area (Å²) in [7, 11) is -3.93. The van der Waals surface area contributed by atoms with E-state index in [-0.39, 0.29) is 12.4 Å². The van der Waals surface area contributed by atoms with E-state index in [1.165, 1.54) is 6.92 Å². The Morgan fingerprint density at radius 2 is 2.00 bits per heavy atom. The monoisotopic (exact) mass is 237 g/mol. The van der Waals surface area contributed by atoms with Crippen molar-refractivity contribution in [3.63, 3.8) is 0 Å². The number of phosphoric ester groups is 1. The molecule has 0 saturated carbocycles. The molecule has 0 aromatic rings. The first kappa shape index (κ1) is 14.6. The fourth-order valence-corrected chi connectivity index (χ4v) is 1.81. The van der Waals surface area contributed by atoms with E-state index in [9.17, 15) is 4.57 Å². The van der Waals surface area contributed by atoms with Gasteiger partial charge in [0.25, 0.3) is 0 Å². The number of rotatable bonds is 9. The van der Waals surface area contributed by atoms with E-state index < -0.39 is 7.82 Å². The van der Waals surface area contributed by atoms with Crippen LogP contribution in [-0.4, -0.2) is 18.0 Å². The minimum atomic E-state index is -3.93. The summed E-state index contributed by atoms with van der Waals surface area (Å²) in [6.45, 7) is 5.75. The van der Waals surface area contributed by atoms with Crippen molar-refractivity contribution in [3.05, 3.63) is 12.3 Å².